The molecule has 0 aliphatic rings. The maximum Gasteiger partial charge on any atom is 0.267 e. The minimum absolute atomic E-state index is 0.0856. The van der Waals surface area contributed by atoms with Crippen LogP contribution in [0.25, 0.3) is 11.3 Å². The summed E-state index contributed by atoms with van der Waals surface area (Å²) in [5, 5.41) is 7.26. The Labute approximate surface area is 183 Å². The first-order chi connectivity index (χ1) is 15.2. The van der Waals surface area contributed by atoms with Crippen molar-refractivity contribution in [2.45, 2.75) is 32.7 Å². The second-order valence-corrected chi connectivity index (χ2v) is 7.46. The molecule has 162 valence electrons. The largest absolute Gasteiger partial charge is 0.371 e. The zero-order chi connectivity index (χ0) is 21.9. The van der Waals surface area contributed by atoms with Crippen molar-refractivity contribution in [3.8, 4) is 11.3 Å². The van der Waals surface area contributed by atoms with E-state index in [0.29, 0.717) is 12.2 Å². The van der Waals surface area contributed by atoms with Gasteiger partial charge in [-0.2, -0.15) is 5.10 Å². The lowest BCUT2D eigenvalue weighted by molar-refractivity contribution is -0.121. The van der Waals surface area contributed by atoms with Crippen LogP contribution >= 0.6 is 0 Å². The highest BCUT2D eigenvalue weighted by molar-refractivity contribution is 5.75. The Morgan fingerprint density at radius 3 is 2.32 bits per heavy atom. The minimum atomic E-state index is -0.287. The molecule has 1 aromatic heterocycles. The van der Waals surface area contributed by atoms with E-state index in [-0.39, 0.29) is 18.0 Å². The number of aromatic nitrogens is 2. The van der Waals surface area contributed by atoms with E-state index in [1.165, 1.54) is 16.4 Å². The Morgan fingerprint density at radius 2 is 1.61 bits per heavy atom. The summed E-state index contributed by atoms with van der Waals surface area (Å²) < 4.78 is 1.22. The Morgan fingerprint density at radius 1 is 0.935 bits per heavy atom. The molecule has 1 heterocycles. The second-order valence-electron chi connectivity index (χ2n) is 7.46. The number of unbranched alkanes of at least 4 members (excludes halogenated alkanes) is 1. The maximum atomic E-state index is 12.4. The van der Waals surface area contributed by atoms with Crippen LogP contribution in [0.5, 0.6) is 0 Å². The molecule has 6 heteroatoms. The van der Waals surface area contributed by atoms with E-state index in [2.05, 4.69) is 34.4 Å². The van der Waals surface area contributed by atoms with Gasteiger partial charge < -0.3 is 10.2 Å². The van der Waals surface area contributed by atoms with Crippen molar-refractivity contribution < 1.29 is 4.79 Å². The van der Waals surface area contributed by atoms with Crippen molar-refractivity contribution in [2.75, 3.05) is 24.5 Å². The third-order valence-corrected chi connectivity index (χ3v) is 5.06. The maximum absolute atomic E-state index is 12.4. The fourth-order valence-electron chi connectivity index (χ4n) is 3.37. The number of amides is 1. The number of hydrogen-bond acceptors (Lipinski definition) is 4. The highest BCUT2D eigenvalue weighted by Crippen LogP contribution is 2.15. The lowest BCUT2D eigenvalue weighted by Crippen LogP contribution is -2.35. The number of para-hydroxylation sites is 1. The van der Waals surface area contributed by atoms with Crippen LogP contribution < -0.4 is 15.8 Å². The van der Waals surface area contributed by atoms with E-state index >= 15 is 0 Å². The molecule has 0 atom stereocenters. The third kappa shape index (κ3) is 6.81. The van der Waals surface area contributed by atoms with Gasteiger partial charge in [-0.15, -0.1) is 0 Å². The molecular formula is C25H30N4O2. The smallest absolute Gasteiger partial charge is 0.267 e. The lowest BCUT2D eigenvalue weighted by atomic mass is 10.1. The lowest BCUT2D eigenvalue weighted by Gasteiger charge is -2.24. The third-order valence-electron chi connectivity index (χ3n) is 5.06. The van der Waals surface area contributed by atoms with Crippen molar-refractivity contribution in [1.29, 1.82) is 0 Å². The summed E-state index contributed by atoms with van der Waals surface area (Å²) in [6.07, 6.45) is 3.11. The van der Waals surface area contributed by atoms with Gasteiger partial charge in [0.25, 0.3) is 5.56 Å². The molecule has 0 aliphatic heterocycles. The molecular weight excluding hydrogens is 388 g/mol. The molecule has 3 aromatic rings. The number of benzene rings is 2. The van der Waals surface area contributed by atoms with Crippen molar-refractivity contribution in [1.82, 2.24) is 15.1 Å². The molecule has 0 radical (unpaired) electrons. The Kier molecular flexibility index (Phi) is 8.40. The predicted octanol–water partition coefficient (Wildman–Crippen LogP) is 3.72. The zero-order valence-corrected chi connectivity index (χ0v) is 18.0. The van der Waals surface area contributed by atoms with Gasteiger partial charge in [0.1, 0.15) is 6.54 Å². The molecule has 1 amide bonds. The van der Waals surface area contributed by atoms with E-state index in [4.69, 9.17) is 0 Å². The molecule has 0 aliphatic carbocycles. The van der Waals surface area contributed by atoms with Crippen molar-refractivity contribution in [2.24, 2.45) is 0 Å². The average Bonchev–Trinajstić information content (AvgIpc) is 2.81. The summed E-state index contributed by atoms with van der Waals surface area (Å²) >= 11 is 0. The highest BCUT2D eigenvalue weighted by atomic mass is 16.2. The first-order valence-corrected chi connectivity index (χ1v) is 10.9. The summed E-state index contributed by atoms with van der Waals surface area (Å²) in [4.78, 5) is 26.9. The number of carbonyl (C=O) groups is 1. The normalized spacial score (nSPS) is 10.6. The van der Waals surface area contributed by atoms with E-state index in [0.717, 1.165) is 37.9 Å². The zero-order valence-electron chi connectivity index (χ0n) is 18.0. The molecule has 3 rings (SSSR count). The standard InChI is InChI=1S/C25H30N4O2/c1-2-3-18-28(22-13-8-5-9-14-22)19-10-17-26-24(30)20-29-25(31)16-15-23(27-29)21-11-6-4-7-12-21/h4-9,11-16H,2-3,10,17-20H2,1H3,(H,26,30). The summed E-state index contributed by atoms with van der Waals surface area (Å²) in [6, 6.07) is 23.1. The van der Waals surface area contributed by atoms with Crippen LogP contribution in [0.2, 0.25) is 0 Å². The van der Waals surface area contributed by atoms with Crippen molar-refractivity contribution in [3.63, 3.8) is 0 Å². The summed E-state index contributed by atoms with van der Waals surface area (Å²) in [6.45, 7) is 4.53. The van der Waals surface area contributed by atoms with E-state index in [1.54, 1.807) is 6.07 Å². The van der Waals surface area contributed by atoms with E-state index in [9.17, 15) is 9.59 Å². The molecule has 2 aromatic carbocycles. The minimum Gasteiger partial charge on any atom is -0.371 e. The van der Waals surface area contributed by atoms with Gasteiger partial charge in [0.15, 0.2) is 0 Å². The summed E-state index contributed by atoms with van der Waals surface area (Å²) in [7, 11) is 0. The number of nitrogens with zero attached hydrogens (tertiary/aromatic N) is 3. The first-order valence-electron chi connectivity index (χ1n) is 10.9. The average molecular weight is 419 g/mol. The van der Waals surface area contributed by atoms with E-state index < -0.39 is 0 Å². The first kappa shape index (κ1) is 22.3. The summed E-state index contributed by atoms with van der Waals surface area (Å²) in [5.41, 5.74) is 2.49. The second kappa shape index (κ2) is 11.7. The predicted molar refractivity (Wildman–Crippen MR) is 125 cm³/mol. The quantitative estimate of drug-likeness (QED) is 0.482. The van der Waals surface area contributed by atoms with Crippen LogP contribution in [-0.2, 0) is 11.3 Å². The Bertz CT molecular complexity index is 1000. The van der Waals surface area contributed by atoms with Crippen LogP contribution in [0.3, 0.4) is 0 Å². The van der Waals surface area contributed by atoms with Gasteiger partial charge >= 0.3 is 0 Å². The molecule has 0 spiro atoms. The van der Waals surface area contributed by atoms with Gasteiger partial charge in [0.2, 0.25) is 5.91 Å². The van der Waals surface area contributed by atoms with Gasteiger partial charge in [0, 0.05) is 37.0 Å². The molecule has 0 bridgehead atoms. The Hall–Kier alpha value is -3.41. The number of rotatable bonds is 11. The van der Waals surface area contributed by atoms with Crippen LogP contribution in [0.1, 0.15) is 26.2 Å². The summed E-state index contributed by atoms with van der Waals surface area (Å²) in [5.74, 6) is -0.209. The van der Waals surface area contributed by atoms with Crippen molar-refractivity contribution in [3.05, 3.63) is 83.2 Å². The van der Waals surface area contributed by atoms with Gasteiger partial charge in [-0.1, -0.05) is 61.9 Å². The SMILES string of the molecule is CCCCN(CCCNC(=O)Cn1nc(-c2ccccc2)ccc1=O)c1ccccc1. The van der Waals surface area contributed by atoms with Gasteiger partial charge in [0.05, 0.1) is 5.69 Å². The number of carbonyl (C=O) groups excluding carboxylic acids is 1. The van der Waals surface area contributed by atoms with Crippen LogP contribution in [-0.4, -0.2) is 35.3 Å². The highest BCUT2D eigenvalue weighted by Gasteiger charge is 2.09. The molecule has 0 saturated heterocycles. The monoisotopic (exact) mass is 418 g/mol. The molecule has 0 saturated carbocycles. The van der Waals surface area contributed by atoms with Gasteiger partial charge in [-0.3, -0.25) is 9.59 Å². The van der Waals surface area contributed by atoms with Crippen LogP contribution in [0.15, 0.2) is 77.6 Å². The molecule has 6 nitrogen and oxygen atoms in total. The van der Waals surface area contributed by atoms with Crippen LogP contribution in [0, 0.1) is 0 Å². The number of nitrogens with one attached hydrogen (secondary N) is 1. The van der Waals surface area contributed by atoms with Crippen LogP contribution in [0.4, 0.5) is 5.69 Å². The molecule has 0 fully saturated rings. The van der Waals surface area contributed by atoms with Gasteiger partial charge in [-0.25, -0.2) is 4.68 Å². The fraction of sp³-hybridized carbons (Fsp3) is 0.320. The van der Waals surface area contributed by atoms with Gasteiger partial charge in [-0.05, 0) is 31.0 Å². The Balaban J connectivity index is 1.51. The molecule has 0 unspecified atom stereocenters. The molecule has 1 N–H and O–H groups in total. The number of anilines is 1. The topological polar surface area (TPSA) is 67.2 Å². The van der Waals surface area contributed by atoms with E-state index in [1.807, 2.05) is 48.5 Å². The fourth-order valence-corrected chi connectivity index (χ4v) is 3.37. The molecule has 31 heavy (non-hydrogen) atoms. The number of hydrogen-bond donors (Lipinski definition) is 1. The van der Waals surface area contributed by atoms with Crippen molar-refractivity contribution >= 4 is 11.6 Å².